The van der Waals surface area contributed by atoms with Crippen LogP contribution >= 0.6 is 24.0 Å². The van der Waals surface area contributed by atoms with Crippen molar-refractivity contribution >= 4 is 29.9 Å². The number of hydrogen-bond donors (Lipinski definition) is 3. The van der Waals surface area contributed by atoms with Gasteiger partial charge in [0.05, 0.1) is 12.6 Å². The summed E-state index contributed by atoms with van der Waals surface area (Å²) in [6, 6.07) is 6.79. The van der Waals surface area contributed by atoms with Crippen molar-refractivity contribution in [3.05, 3.63) is 59.1 Å². The molecule has 3 N–H and O–H groups in total. The van der Waals surface area contributed by atoms with Gasteiger partial charge in [0.2, 0.25) is 0 Å². The van der Waals surface area contributed by atoms with Crippen molar-refractivity contribution in [3.63, 3.8) is 0 Å². The minimum atomic E-state index is -1.28. The van der Waals surface area contributed by atoms with Crippen LogP contribution in [-0.2, 0) is 5.60 Å². The molecule has 1 aromatic heterocycles. The minimum Gasteiger partial charge on any atom is -0.463 e. The Bertz CT molecular complexity index is 820. The third-order valence-corrected chi connectivity index (χ3v) is 4.58. The molecule has 0 amide bonds. The summed E-state index contributed by atoms with van der Waals surface area (Å²) >= 11 is 0. The van der Waals surface area contributed by atoms with Crippen molar-refractivity contribution in [1.82, 2.24) is 15.5 Å². The number of likely N-dealkylation sites (N-methyl/N-ethyl adjacent to an activating group) is 1. The molecule has 0 fully saturated rings. The Balaban J connectivity index is 0.00000450. The Morgan fingerprint density at radius 3 is 2.33 bits per heavy atom. The first-order chi connectivity index (χ1) is 13.7. The van der Waals surface area contributed by atoms with Crippen LogP contribution in [-0.4, -0.2) is 49.7 Å². The summed E-state index contributed by atoms with van der Waals surface area (Å²) in [5, 5.41) is 16.9. The fourth-order valence-corrected chi connectivity index (χ4v) is 2.94. The predicted octanol–water partition coefficient (Wildman–Crippen LogP) is 3.55. The first kappa shape index (κ1) is 26.3. The molecule has 30 heavy (non-hydrogen) atoms. The molecule has 2 atom stereocenters. The van der Waals surface area contributed by atoms with E-state index >= 15 is 0 Å². The zero-order valence-corrected chi connectivity index (χ0v) is 20.3. The Morgan fingerprint density at radius 2 is 1.83 bits per heavy atom. The number of benzene rings is 1. The van der Waals surface area contributed by atoms with Crippen LogP contribution < -0.4 is 10.6 Å². The highest BCUT2D eigenvalue weighted by Crippen LogP contribution is 2.24. The van der Waals surface area contributed by atoms with Gasteiger partial charge in [0.15, 0.2) is 5.96 Å². The van der Waals surface area contributed by atoms with Crippen molar-refractivity contribution in [2.24, 2.45) is 4.99 Å². The smallest absolute Gasteiger partial charge is 0.191 e. The molecule has 2 aromatic rings. The summed E-state index contributed by atoms with van der Waals surface area (Å²) in [5.41, 5.74) is -1.28. The Hall–Kier alpha value is -1.72. The van der Waals surface area contributed by atoms with Crippen LogP contribution in [0.25, 0.3) is 0 Å². The lowest BCUT2D eigenvalue weighted by atomic mass is 10.0. The van der Waals surface area contributed by atoms with Gasteiger partial charge in [-0.05, 0) is 59.1 Å². The molecule has 6 nitrogen and oxygen atoms in total. The standard InChI is InChI=1S/C21H30F2N4O2.HI/c1-6-24-20(26-13-21(3,28)18-11-10-14(2)29-18)25-12-17(27(4)5)19-15(22)8-7-9-16(19)23;/h7-11,17,28H,6,12-13H2,1-5H3,(H2,24,25,26);1H. The second-order valence-electron chi connectivity index (χ2n) is 7.37. The molecule has 0 saturated carbocycles. The highest BCUT2D eigenvalue weighted by molar-refractivity contribution is 14.0. The highest BCUT2D eigenvalue weighted by atomic mass is 127. The molecular weight excluding hydrogens is 505 g/mol. The van der Waals surface area contributed by atoms with Crippen LogP contribution in [0.15, 0.2) is 39.7 Å². The maximum Gasteiger partial charge on any atom is 0.191 e. The molecule has 1 heterocycles. The second-order valence-corrected chi connectivity index (χ2v) is 7.37. The topological polar surface area (TPSA) is 73.0 Å². The lowest BCUT2D eigenvalue weighted by molar-refractivity contribution is 0.0428. The fraction of sp³-hybridized carbons (Fsp3) is 0.476. The van der Waals surface area contributed by atoms with Crippen molar-refractivity contribution in [2.45, 2.75) is 32.4 Å². The van der Waals surface area contributed by atoms with Gasteiger partial charge in [0, 0.05) is 18.7 Å². The molecule has 0 bridgehead atoms. The molecular formula is C21H31F2IN4O2. The number of guanidine groups is 1. The van der Waals surface area contributed by atoms with Crippen LogP contribution in [0.4, 0.5) is 8.78 Å². The molecule has 0 saturated heterocycles. The largest absolute Gasteiger partial charge is 0.463 e. The van der Waals surface area contributed by atoms with Gasteiger partial charge < -0.3 is 25.1 Å². The van der Waals surface area contributed by atoms with E-state index in [-0.39, 0.29) is 42.6 Å². The quantitative estimate of drug-likeness (QED) is 0.274. The number of aryl methyl sites for hydroxylation is 1. The molecule has 168 valence electrons. The van der Waals surface area contributed by atoms with E-state index in [0.717, 1.165) is 0 Å². The first-order valence-corrected chi connectivity index (χ1v) is 9.57. The van der Waals surface area contributed by atoms with Crippen LogP contribution in [0.2, 0.25) is 0 Å². The summed E-state index contributed by atoms with van der Waals surface area (Å²) < 4.78 is 34.0. The molecule has 0 spiro atoms. The Labute approximate surface area is 193 Å². The van der Waals surface area contributed by atoms with E-state index < -0.39 is 23.3 Å². The molecule has 2 rings (SSSR count). The zero-order chi connectivity index (χ0) is 21.6. The summed E-state index contributed by atoms with van der Waals surface area (Å²) in [6.45, 7) is 6.20. The number of nitrogens with one attached hydrogen (secondary N) is 2. The van der Waals surface area contributed by atoms with Crippen molar-refractivity contribution in [1.29, 1.82) is 0 Å². The van der Waals surface area contributed by atoms with Crippen molar-refractivity contribution < 1.29 is 18.3 Å². The van der Waals surface area contributed by atoms with E-state index in [1.807, 2.05) is 6.92 Å². The summed E-state index contributed by atoms with van der Waals surface area (Å²) in [4.78, 5) is 6.15. The third kappa shape index (κ3) is 6.92. The fourth-order valence-electron chi connectivity index (χ4n) is 2.94. The van der Waals surface area contributed by atoms with Gasteiger partial charge in [-0.3, -0.25) is 0 Å². The Morgan fingerprint density at radius 1 is 1.20 bits per heavy atom. The molecule has 0 aliphatic heterocycles. The number of nitrogens with zero attached hydrogens (tertiary/aromatic N) is 2. The number of halogens is 3. The molecule has 1 aromatic carbocycles. The average molecular weight is 536 g/mol. The number of furan rings is 1. The van der Waals surface area contributed by atoms with Gasteiger partial charge in [-0.25, -0.2) is 13.8 Å². The van der Waals surface area contributed by atoms with Crippen LogP contribution in [0.1, 0.15) is 37.0 Å². The normalized spacial score (nSPS) is 14.8. The number of hydrogen-bond acceptors (Lipinski definition) is 4. The molecule has 0 radical (unpaired) electrons. The highest BCUT2D eigenvalue weighted by Gasteiger charge is 2.27. The Kier molecular flexibility index (Phi) is 10.2. The maximum atomic E-state index is 14.2. The van der Waals surface area contributed by atoms with E-state index in [1.54, 1.807) is 45.0 Å². The first-order valence-electron chi connectivity index (χ1n) is 9.57. The van der Waals surface area contributed by atoms with E-state index in [1.165, 1.54) is 18.2 Å². The van der Waals surface area contributed by atoms with Crippen LogP contribution in [0.5, 0.6) is 0 Å². The van der Waals surface area contributed by atoms with Gasteiger partial charge in [-0.1, -0.05) is 6.07 Å². The average Bonchev–Trinajstić information content (AvgIpc) is 3.09. The number of aliphatic imine (C=N–C) groups is 1. The zero-order valence-electron chi connectivity index (χ0n) is 18.0. The monoisotopic (exact) mass is 536 g/mol. The molecule has 0 aliphatic carbocycles. The summed E-state index contributed by atoms with van der Waals surface area (Å²) in [7, 11) is 3.51. The molecule has 2 unspecified atom stereocenters. The van der Waals surface area contributed by atoms with Crippen LogP contribution in [0.3, 0.4) is 0 Å². The summed E-state index contributed by atoms with van der Waals surface area (Å²) in [6.07, 6.45) is 0. The summed E-state index contributed by atoms with van der Waals surface area (Å²) in [5.74, 6) is 0.371. The van der Waals surface area contributed by atoms with Gasteiger partial charge in [-0.15, -0.1) is 24.0 Å². The minimum absolute atomic E-state index is 0. The second kappa shape index (κ2) is 11.6. The van der Waals surface area contributed by atoms with Gasteiger partial charge >= 0.3 is 0 Å². The lowest BCUT2D eigenvalue weighted by Crippen LogP contribution is -2.43. The number of aliphatic hydroxyl groups is 1. The number of rotatable bonds is 8. The van der Waals surface area contributed by atoms with Crippen molar-refractivity contribution in [3.8, 4) is 0 Å². The van der Waals surface area contributed by atoms with Gasteiger partial charge in [0.25, 0.3) is 0 Å². The molecule has 0 aliphatic rings. The third-order valence-electron chi connectivity index (χ3n) is 4.58. The van der Waals surface area contributed by atoms with Gasteiger partial charge in [-0.2, -0.15) is 0 Å². The SMILES string of the molecule is CCNC(=NCC(C)(O)c1ccc(C)o1)NCC(c1c(F)cccc1F)N(C)C.I. The molecule has 9 heteroatoms. The maximum absolute atomic E-state index is 14.2. The van der Waals surface area contributed by atoms with E-state index in [0.29, 0.717) is 24.0 Å². The van der Waals surface area contributed by atoms with E-state index in [9.17, 15) is 13.9 Å². The lowest BCUT2D eigenvalue weighted by Gasteiger charge is -2.27. The van der Waals surface area contributed by atoms with E-state index in [2.05, 4.69) is 15.6 Å². The predicted molar refractivity (Wildman–Crippen MR) is 125 cm³/mol. The van der Waals surface area contributed by atoms with Gasteiger partial charge in [0.1, 0.15) is 28.8 Å². The van der Waals surface area contributed by atoms with Crippen molar-refractivity contribution in [2.75, 3.05) is 33.7 Å². The van der Waals surface area contributed by atoms with Crippen LogP contribution in [0, 0.1) is 18.6 Å². The van der Waals surface area contributed by atoms with E-state index in [4.69, 9.17) is 4.42 Å².